The van der Waals surface area contributed by atoms with Crippen LogP contribution >= 0.6 is 15.9 Å². The van der Waals surface area contributed by atoms with Crippen LogP contribution < -0.4 is 0 Å². The number of ether oxygens (including phenoxy) is 5. The molecule has 3 fully saturated rings. The molecule has 0 radical (unpaired) electrons. The fourth-order valence-electron chi connectivity index (χ4n) is 9.60. The second-order valence-corrected chi connectivity index (χ2v) is 18.7. The van der Waals surface area contributed by atoms with E-state index in [9.17, 15) is 24.3 Å². The minimum atomic E-state index is -1.40. The van der Waals surface area contributed by atoms with Gasteiger partial charge in [0.1, 0.15) is 29.6 Å². The third-order valence-corrected chi connectivity index (χ3v) is 13.7. The van der Waals surface area contributed by atoms with Crippen molar-refractivity contribution >= 4 is 39.6 Å². The third kappa shape index (κ3) is 10.2. The van der Waals surface area contributed by atoms with Gasteiger partial charge in [0, 0.05) is 54.0 Å². The number of aliphatic hydroxyl groups excluding tert-OH is 1. The van der Waals surface area contributed by atoms with Crippen molar-refractivity contribution in [2.45, 2.75) is 154 Å². The highest BCUT2D eigenvalue weighted by atomic mass is 79.9. The Morgan fingerprint density at radius 2 is 1.63 bits per heavy atom. The predicted molar refractivity (Wildman–Crippen MR) is 227 cm³/mol. The third-order valence-electron chi connectivity index (χ3n) is 13.1. The number of unbranched alkanes of at least 4 members (excludes halogenated alkanes) is 2. The number of ketones is 2. The SMILES string of the molecule is CC[C@H]1OC(=O)[C@H](C)C(=O)[C@H](C)[C@@H](OC2OC(C)CC(N(C)C)C2O)[C@@](C)(OC)C[C@@H](C)C(=O)[C@H](C)[C@H]2N(CCCCCn3cc(-c4ccc(Br)cc4)nn3)C(=O)O[C@]12C. The fraction of sp³-hybridized carbons (Fsp3) is 0.727. The van der Waals surface area contributed by atoms with Gasteiger partial charge in [0.2, 0.25) is 0 Å². The summed E-state index contributed by atoms with van der Waals surface area (Å²) in [7, 11) is 5.24. The minimum Gasteiger partial charge on any atom is -0.458 e. The van der Waals surface area contributed by atoms with Crippen molar-refractivity contribution in [1.29, 1.82) is 0 Å². The lowest BCUT2D eigenvalue weighted by atomic mass is 9.73. The lowest BCUT2D eigenvalue weighted by Gasteiger charge is -2.47. The maximum Gasteiger partial charge on any atom is 0.410 e. The van der Waals surface area contributed by atoms with Gasteiger partial charge in [0.25, 0.3) is 0 Å². The number of aromatic nitrogens is 3. The van der Waals surface area contributed by atoms with Gasteiger partial charge in [-0.2, -0.15) is 0 Å². The van der Waals surface area contributed by atoms with Crippen LogP contribution in [0.5, 0.6) is 0 Å². The molecule has 3 aliphatic rings. The molecule has 0 aliphatic carbocycles. The lowest BCUT2D eigenvalue weighted by Crippen LogP contribution is -2.60. The molecule has 16 heteroatoms. The molecule has 0 bridgehead atoms. The van der Waals surface area contributed by atoms with Crippen molar-refractivity contribution in [3.63, 3.8) is 0 Å². The molecular weight excluding hydrogens is 838 g/mol. The zero-order valence-corrected chi connectivity index (χ0v) is 38.7. The van der Waals surface area contributed by atoms with Crippen molar-refractivity contribution in [3.05, 3.63) is 34.9 Å². The number of carbonyl (C=O) groups excluding carboxylic acids is 4. The molecule has 0 spiro atoms. The van der Waals surface area contributed by atoms with E-state index in [-0.39, 0.29) is 30.8 Å². The molecule has 0 saturated carbocycles. The first-order valence-electron chi connectivity index (χ1n) is 21.4. The summed E-state index contributed by atoms with van der Waals surface area (Å²) >= 11 is 3.46. The summed E-state index contributed by atoms with van der Waals surface area (Å²) in [5.74, 6) is -4.95. The number of aliphatic hydroxyl groups is 1. The van der Waals surface area contributed by atoms with Crippen molar-refractivity contribution in [1.82, 2.24) is 24.8 Å². The van der Waals surface area contributed by atoms with Crippen LogP contribution in [0.1, 0.15) is 93.9 Å². The molecule has 3 aliphatic heterocycles. The first-order chi connectivity index (χ1) is 28.3. The second-order valence-electron chi connectivity index (χ2n) is 17.8. The smallest absolute Gasteiger partial charge is 0.410 e. The topological polar surface area (TPSA) is 172 Å². The Hall–Kier alpha value is -3.28. The van der Waals surface area contributed by atoms with Crippen molar-refractivity contribution in [2.24, 2.45) is 23.7 Å². The van der Waals surface area contributed by atoms with E-state index >= 15 is 0 Å². The molecule has 15 nitrogen and oxygen atoms in total. The van der Waals surface area contributed by atoms with Crippen LogP contribution in [-0.4, -0.2) is 135 Å². The van der Waals surface area contributed by atoms with Crippen LogP contribution in [0.2, 0.25) is 0 Å². The Bertz CT molecular complexity index is 1810. The summed E-state index contributed by atoms with van der Waals surface area (Å²) in [6.45, 7) is 14.9. The van der Waals surface area contributed by atoms with Gasteiger partial charge < -0.3 is 38.6 Å². The monoisotopic (exact) mass is 903 g/mol. The molecule has 60 heavy (non-hydrogen) atoms. The number of methoxy groups -OCH3 is 1. The van der Waals surface area contributed by atoms with Crippen LogP contribution in [0.3, 0.4) is 0 Å². The van der Waals surface area contributed by atoms with E-state index in [4.69, 9.17) is 23.7 Å². The summed E-state index contributed by atoms with van der Waals surface area (Å²) in [6, 6.07) is 6.81. The van der Waals surface area contributed by atoms with E-state index in [2.05, 4.69) is 26.2 Å². The number of benzene rings is 1. The molecule has 5 rings (SSSR count). The number of carbonyl (C=O) groups is 4. The van der Waals surface area contributed by atoms with E-state index in [0.29, 0.717) is 25.9 Å². The minimum absolute atomic E-state index is 0.129. The Kier molecular flexibility index (Phi) is 15.8. The largest absolute Gasteiger partial charge is 0.458 e. The summed E-state index contributed by atoms with van der Waals surface area (Å²) in [6.07, 6.45) is 0.00190. The van der Waals surface area contributed by atoms with E-state index in [1.165, 1.54) is 14.0 Å². The van der Waals surface area contributed by atoms with Gasteiger partial charge in [0.05, 0.1) is 30.0 Å². The number of rotatable bonds is 12. The molecule has 4 heterocycles. The molecule has 1 N–H and O–H groups in total. The number of hydrogen-bond acceptors (Lipinski definition) is 13. The quantitative estimate of drug-likeness (QED) is 0.148. The molecule has 1 aromatic heterocycles. The number of halogens is 1. The number of amides is 1. The number of cyclic esters (lactones) is 1. The van der Waals surface area contributed by atoms with Gasteiger partial charge in [-0.15, -0.1) is 5.10 Å². The van der Waals surface area contributed by atoms with Crippen molar-refractivity contribution in [3.8, 4) is 11.3 Å². The number of fused-ring (bicyclic) bond motifs is 1. The predicted octanol–water partition coefficient (Wildman–Crippen LogP) is 6.08. The first-order valence-corrected chi connectivity index (χ1v) is 22.2. The summed E-state index contributed by atoms with van der Waals surface area (Å²) in [5, 5.41) is 20.1. The number of aryl methyl sites for hydroxylation is 1. The Morgan fingerprint density at radius 1 is 0.967 bits per heavy atom. The van der Waals surface area contributed by atoms with Crippen molar-refractivity contribution in [2.75, 3.05) is 27.7 Å². The Morgan fingerprint density at radius 3 is 2.27 bits per heavy atom. The molecule has 1 amide bonds. The number of hydrogen-bond donors (Lipinski definition) is 1. The molecule has 4 unspecified atom stereocenters. The Balaban J connectivity index is 1.39. The molecule has 3 saturated heterocycles. The van der Waals surface area contributed by atoms with Crippen LogP contribution in [0.15, 0.2) is 34.9 Å². The molecule has 1 aromatic carbocycles. The highest BCUT2D eigenvalue weighted by molar-refractivity contribution is 9.10. The van der Waals surface area contributed by atoms with Crippen LogP contribution in [-0.2, 0) is 44.6 Å². The van der Waals surface area contributed by atoms with Crippen LogP contribution in [0.25, 0.3) is 11.3 Å². The summed E-state index contributed by atoms with van der Waals surface area (Å²) < 4.78 is 34.0. The van der Waals surface area contributed by atoms with Gasteiger partial charge >= 0.3 is 12.1 Å². The summed E-state index contributed by atoms with van der Waals surface area (Å²) in [5.41, 5.74) is -0.922. The Labute approximate surface area is 363 Å². The molecular formula is C44H66BrN5O10. The maximum absolute atomic E-state index is 14.7. The number of Topliss-reactive ketones (excluding diaryl/α,β-unsaturated/α-hetero) is 2. The second kappa shape index (κ2) is 19.8. The maximum atomic E-state index is 14.7. The molecule has 334 valence electrons. The van der Waals surface area contributed by atoms with E-state index in [1.807, 2.05) is 70.2 Å². The highest BCUT2D eigenvalue weighted by Gasteiger charge is 2.60. The lowest BCUT2D eigenvalue weighted by molar-refractivity contribution is -0.295. The average Bonchev–Trinajstić information content (AvgIpc) is 3.79. The van der Waals surface area contributed by atoms with Crippen LogP contribution in [0, 0.1) is 23.7 Å². The fourth-order valence-corrected chi connectivity index (χ4v) is 9.87. The highest BCUT2D eigenvalue weighted by Crippen LogP contribution is 2.43. The van der Waals surface area contributed by atoms with Crippen LogP contribution in [0.4, 0.5) is 4.79 Å². The first kappa shape index (κ1) is 47.8. The molecule has 13 atom stereocenters. The van der Waals surface area contributed by atoms with E-state index in [1.54, 1.807) is 37.3 Å². The zero-order valence-electron chi connectivity index (χ0n) is 37.1. The standard InChI is InChI=1S/C44H66BrN5O10/c1-12-34-44(8)38(50(42(55)60-44)21-15-13-14-20-49-24-32(46-47-49)30-16-18-31(45)19-17-30)27(4)35(51)25(2)23-43(7,56-11)39(28(5)36(52)29(6)40(54)58-34)59-41-37(53)33(48(9)10)22-26(3)57-41/h16-19,24-29,33-34,37-39,41,53H,12-15,20-23H2,1-11H3/t25-,26?,27+,28+,29-,33?,34-,37?,38-,39-,41?,43+,44-/m1/s1. The van der Waals surface area contributed by atoms with E-state index in [0.717, 1.165) is 28.6 Å². The zero-order chi connectivity index (χ0) is 44.3. The average molecular weight is 905 g/mol. The number of esters is 1. The summed E-state index contributed by atoms with van der Waals surface area (Å²) in [4.78, 5) is 60.4. The van der Waals surface area contributed by atoms with Gasteiger partial charge in [-0.3, -0.25) is 19.1 Å². The number of likely N-dealkylation sites (N-methyl/N-ethyl adjacent to an activating group) is 1. The van der Waals surface area contributed by atoms with E-state index < -0.39 is 83.4 Å². The van der Waals surface area contributed by atoms with Gasteiger partial charge in [-0.25, -0.2) is 4.79 Å². The number of nitrogens with zero attached hydrogens (tertiary/aromatic N) is 5. The van der Waals surface area contributed by atoms with Gasteiger partial charge in [0.15, 0.2) is 17.7 Å². The van der Waals surface area contributed by atoms with Gasteiger partial charge in [-0.1, -0.05) is 61.0 Å². The van der Waals surface area contributed by atoms with Crippen molar-refractivity contribution < 1.29 is 48.0 Å². The van der Waals surface area contributed by atoms with Gasteiger partial charge in [-0.05, 0) is 92.4 Å². The normalized spacial score (nSPS) is 35.9. The molecule has 2 aromatic rings.